The van der Waals surface area contributed by atoms with Crippen molar-refractivity contribution in [1.29, 1.82) is 0 Å². The molecule has 0 atom stereocenters. The topological polar surface area (TPSA) is 6.48 Å². The quantitative estimate of drug-likeness (QED) is 0.570. The van der Waals surface area contributed by atoms with E-state index in [0.29, 0.717) is 0 Å². The maximum atomic E-state index is 7.17. The van der Waals surface area contributed by atoms with Crippen molar-refractivity contribution in [3.8, 4) is 0 Å². The molecule has 0 bridgehead atoms. The van der Waals surface area contributed by atoms with Crippen LogP contribution in [0, 0.1) is 0 Å². The minimum absolute atomic E-state index is 0.187. The first-order valence-electron chi connectivity index (χ1n) is 8.45. The molecule has 0 aromatic heterocycles. The van der Waals surface area contributed by atoms with Crippen LogP contribution < -0.4 is 4.81 Å². The van der Waals surface area contributed by atoms with Gasteiger partial charge in [0.25, 0.3) is 0 Å². The van der Waals surface area contributed by atoms with E-state index in [9.17, 15) is 0 Å². The Morgan fingerprint density at radius 1 is 0.667 bits per heavy atom. The fourth-order valence-electron chi connectivity index (χ4n) is 3.33. The molecule has 6 heteroatoms. The molecule has 128 valence electrons. The van der Waals surface area contributed by atoms with Crippen molar-refractivity contribution in [2.75, 3.05) is 4.81 Å². The maximum absolute atomic E-state index is 7.17. The summed E-state index contributed by atoms with van der Waals surface area (Å²) in [6.45, 7) is 14.3. The van der Waals surface area contributed by atoms with Crippen LogP contribution in [-0.2, 0) is 0 Å². The van der Waals surface area contributed by atoms with Gasteiger partial charge in [0.05, 0.1) is 0 Å². The van der Waals surface area contributed by atoms with Crippen LogP contribution in [0.3, 0.4) is 0 Å². The molecule has 24 heavy (non-hydrogen) atoms. The molecule has 0 heterocycles. The van der Waals surface area contributed by atoms with Crippen molar-refractivity contribution in [3.63, 3.8) is 0 Å². The highest BCUT2D eigenvalue weighted by atomic mass is 35.5. The van der Waals surface area contributed by atoms with Gasteiger partial charge in [-0.15, -0.1) is 11.5 Å². The highest BCUT2D eigenvalue weighted by molar-refractivity contribution is 7.17. The number of hydrogen-bond donors (Lipinski definition) is 0. The second kappa shape index (κ2) is 7.48. The van der Waals surface area contributed by atoms with Gasteiger partial charge in [-0.05, 0) is 24.3 Å². The van der Waals surface area contributed by atoms with Gasteiger partial charge < -0.3 is 8.95 Å². The Bertz CT molecular complexity index is 588. The average molecular weight is 375 g/mol. The van der Waals surface area contributed by atoms with Crippen LogP contribution in [0.15, 0.2) is 60.7 Å². The number of halogens is 1. The van der Waals surface area contributed by atoms with Gasteiger partial charge in [-0.3, -0.25) is 0 Å². The van der Waals surface area contributed by atoms with E-state index in [4.69, 9.17) is 11.5 Å². The number of nitrogens with zero attached hydrogens (tertiary/aromatic N) is 2. The van der Waals surface area contributed by atoms with E-state index in [0.717, 1.165) is 11.4 Å². The molecule has 0 fully saturated rings. The summed E-state index contributed by atoms with van der Waals surface area (Å²) < 4.78 is 2.63. The Kier molecular flexibility index (Phi) is 6.02. The van der Waals surface area contributed by atoms with E-state index in [-0.39, 0.29) is 6.40 Å². The van der Waals surface area contributed by atoms with Gasteiger partial charge in [-0.1, -0.05) is 75.7 Å². The zero-order chi connectivity index (χ0) is 18.0. The minimum atomic E-state index is -1.59. The Hall–Kier alpha value is -1.01. The van der Waals surface area contributed by atoms with Crippen molar-refractivity contribution in [1.82, 2.24) is 4.14 Å². The van der Waals surface area contributed by atoms with E-state index in [1.54, 1.807) is 0 Å². The van der Waals surface area contributed by atoms with Crippen LogP contribution in [0.1, 0.15) is 0 Å². The molecule has 2 rings (SSSR count). The number of benzene rings is 2. The van der Waals surface area contributed by atoms with E-state index >= 15 is 0 Å². The zero-order valence-electron chi connectivity index (χ0n) is 15.6. The molecule has 0 aliphatic carbocycles. The van der Waals surface area contributed by atoms with Crippen LogP contribution in [0.4, 0.5) is 11.4 Å². The Balaban J connectivity index is 2.54. The Morgan fingerprint density at radius 3 is 1.29 bits per heavy atom. The summed E-state index contributed by atoms with van der Waals surface area (Å²) in [5.74, 6) is 0. The number of rotatable bonds is 6. The maximum Gasteiger partial charge on any atom is 0.443 e. The van der Waals surface area contributed by atoms with Crippen molar-refractivity contribution in [2.24, 2.45) is 0 Å². The highest BCUT2D eigenvalue weighted by Gasteiger charge is 2.44. The van der Waals surface area contributed by atoms with Gasteiger partial charge in [-0.25, -0.2) is 0 Å². The lowest BCUT2D eigenvalue weighted by molar-refractivity contribution is 0.931. The SMILES string of the molecule is C[Si](C)(C)N(B(Cl)N(c1ccccc1)c1ccccc1)[Si](C)(C)C. The van der Waals surface area contributed by atoms with Gasteiger partial charge >= 0.3 is 6.40 Å². The molecular formula is C18H28BClN2Si2. The average Bonchev–Trinajstić information content (AvgIpc) is 2.46. The van der Waals surface area contributed by atoms with Gasteiger partial charge in [0.15, 0.2) is 0 Å². The first kappa shape index (κ1) is 19.3. The van der Waals surface area contributed by atoms with E-state index < -0.39 is 16.5 Å². The van der Waals surface area contributed by atoms with Crippen molar-refractivity contribution in [2.45, 2.75) is 39.3 Å². The lowest BCUT2D eigenvalue weighted by Gasteiger charge is -2.48. The fraction of sp³-hybridized carbons (Fsp3) is 0.333. The van der Waals surface area contributed by atoms with Crippen molar-refractivity contribution < 1.29 is 0 Å². The monoisotopic (exact) mass is 374 g/mol. The number of para-hydroxylation sites is 2. The van der Waals surface area contributed by atoms with Crippen LogP contribution in [0.5, 0.6) is 0 Å². The summed E-state index contributed by atoms with van der Waals surface area (Å²) in [5.41, 5.74) is 2.26. The first-order valence-corrected chi connectivity index (χ1v) is 15.8. The fourth-order valence-corrected chi connectivity index (χ4v) is 14.9. The zero-order valence-corrected chi connectivity index (χ0v) is 18.4. The normalized spacial score (nSPS) is 12.3. The van der Waals surface area contributed by atoms with Crippen LogP contribution >= 0.6 is 11.5 Å². The molecule has 0 spiro atoms. The summed E-state index contributed by atoms with van der Waals surface area (Å²) in [4.78, 5) is 2.26. The highest BCUT2D eigenvalue weighted by Crippen LogP contribution is 2.33. The summed E-state index contributed by atoms with van der Waals surface area (Å²) in [6, 6.07) is 20.9. The van der Waals surface area contributed by atoms with Gasteiger partial charge in [-0.2, -0.15) is 0 Å². The van der Waals surface area contributed by atoms with Crippen LogP contribution in [0.25, 0.3) is 0 Å². The third-order valence-electron chi connectivity index (χ3n) is 3.94. The molecule has 0 N–H and O–H groups in total. The summed E-state index contributed by atoms with van der Waals surface area (Å²) >= 11 is 7.17. The van der Waals surface area contributed by atoms with Gasteiger partial charge in [0.2, 0.25) is 0 Å². The molecule has 0 aliphatic heterocycles. The van der Waals surface area contributed by atoms with Crippen molar-refractivity contribution >= 4 is 45.7 Å². The standard InChI is InChI=1S/C18H28BClN2Si2/c1-23(2,3)22(24(4,5)6)19(20)21(17-13-9-7-10-14-17)18-15-11-8-12-16-18/h7-16H,1-6H3. The molecule has 0 aliphatic rings. The van der Waals surface area contributed by atoms with Gasteiger partial charge in [0, 0.05) is 11.4 Å². The van der Waals surface area contributed by atoms with E-state index in [1.165, 1.54) is 0 Å². The predicted octanol–water partition coefficient (Wildman–Crippen LogP) is 6.02. The third kappa shape index (κ3) is 4.54. The Morgan fingerprint density at radius 2 is 1.00 bits per heavy atom. The molecular weight excluding hydrogens is 347 g/mol. The van der Waals surface area contributed by atoms with E-state index in [1.807, 2.05) is 12.1 Å². The predicted molar refractivity (Wildman–Crippen MR) is 115 cm³/mol. The minimum Gasteiger partial charge on any atom is -0.358 e. The smallest absolute Gasteiger partial charge is 0.358 e. The first-order chi connectivity index (χ1) is 11.1. The third-order valence-corrected chi connectivity index (χ3v) is 12.1. The molecule has 0 saturated heterocycles. The molecule has 2 aromatic rings. The molecule has 0 saturated carbocycles. The second-order valence-corrected chi connectivity index (χ2v) is 18.5. The van der Waals surface area contributed by atoms with Crippen LogP contribution in [-0.4, -0.2) is 27.0 Å². The molecule has 0 unspecified atom stereocenters. The second-order valence-electron chi connectivity index (χ2n) is 8.06. The summed E-state index contributed by atoms with van der Waals surface area (Å²) in [7, 11) is -3.18. The summed E-state index contributed by atoms with van der Waals surface area (Å²) in [6.07, 6.45) is -0.187. The molecule has 2 aromatic carbocycles. The molecule has 2 nitrogen and oxygen atoms in total. The van der Waals surface area contributed by atoms with Crippen molar-refractivity contribution in [3.05, 3.63) is 60.7 Å². The van der Waals surface area contributed by atoms with Crippen LogP contribution in [0.2, 0.25) is 39.3 Å². The number of anilines is 2. The molecule has 0 amide bonds. The lowest BCUT2D eigenvalue weighted by atomic mass is 10.0. The lowest BCUT2D eigenvalue weighted by Crippen LogP contribution is -2.67. The number of hydrogen-bond acceptors (Lipinski definition) is 2. The largest absolute Gasteiger partial charge is 0.443 e. The van der Waals surface area contributed by atoms with E-state index in [2.05, 4.69) is 96.8 Å². The van der Waals surface area contributed by atoms with Gasteiger partial charge in [0.1, 0.15) is 16.5 Å². The molecule has 0 radical (unpaired) electrons. The Labute approximate surface area is 154 Å². The summed E-state index contributed by atoms with van der Waals surface area (Å²) in [5, 5.41) is 0.